The van der Waals surface area contributed by atoms with Crippen molar-refractivity contribution in [2.24, 2.45) is 5.92 Å². The second-order valence-corrected chi connectivity index (χ2v) is 7.07. The van der Waals surface area contributed by atoms with E-state index in [0.29, 0.717) is 36.8 Å². The van der Waals surface area contributed by atoms with Crippen LogP contribution in [0, 0.1) is 23.0 Å². The van der Waals surface area contributed by atoms with E-state index in [1.165, 1.54) is 6.33 Å². The van der Waals surface area contributed by atoms with Gasteiger partial charge >= 0.3 is 17.5 Å². The number of benzene rings is 1. The number of hydrogen-bond donors (Lipinski definition) is 0. The summed E-state index contributed by atoms with van der Waals surface area (Å²) < 4.78 is 10.8. The summed E-state index contributed by atoms with van der Waals surface area (Å²) in [7, 11) is 0. The van der Waals surface area contributed by atoms with Gasteiger partial charge < -0.3 is 14.4 Å². The van der Waals surface area contributed by atoms with Crippen LogP contribution in [0.1, 0.15) is 25.3 Å². The molecule has 1 aromatic carbocycles. The Bertz CT molecular complexity index is 923. The molecule has 1 atom stereocenters. The summed E-state index contributed by atoms with van der Waals surface area (Å²) in [6, 6.07) is 4.93. The van der Waals surface area contributed by atoms with E-state index in [1.807, 2.05) is 0 Å². The van der Waals surface area contributed by atoms with Gasteiger partial charge in [-0.3, -0.25) is 14.9 Å². The maximum absolute atomic E-state index is 12.1. The van der Waals surface area contributed by atoms with Gasteiger partial charge in [-0.2, -0.15) is 4.98 Å². The molecule has 0 bridgehead atoms. The Morgan fingerprint density at radius 1 is 1.41 bits per heavy atom. The predicted octanol–water partition coefficient (Wildman–Crippen LogP) is 3.92. The van der Waals surface area contributed by atoms with Gasteiger partial charge in [0.25, 0.3) is 0 Å². The lowest BCUT2D eigenvalue weighted by Crippen LogP contribution is -2.40. The number of aryl methyl sites for hydroxylation is 1. The van der Waals surface area contributed by atoms with Crippen molar-refractivity contribution < 1.29 is 19.2 Å². The summed E-state index contributed by atoms with van der Waals surface area (Å²) >= 11 is 6.02. The van der Waals surface area contributed by atoms with E-state index in [1.54, 1.807) is 36.9 Å². The number of piperidine rings is 1. The van der Waals surface area contributed by atoms with Crippen molar-refractivity contribution in [1.29, 1.82) is 0 Å². The Hall–Kier alpha value is -2.94. The van der Waals surface area contributed by atoms with Crippen LogP contribution in [-0.2, 0) is 9.53 Å². The number of ether oxygens (including phenoxy) is 2. The maximum Gasteiger partial charge on any atom is 0.373 e. The third-order valence-electron chi connectivity index (χ3n) is 4.64. The highest BCUT2D eigenvalue weighted by Gasteiger charge is 2.34. The van der Waals surface area contributed by atoms with Crippen LogP contribution in [0.15, 0.2) is 24.5 Å². The third-order valence-corrected chi connectivity index (χ3v) is 5.06. The Morgan fingerprint density at radius 3 is 2.90 bits per heavy atom. The summed E-state index contributed by atoms with van der Waals surface area (Å²) in [4.78, 5) is 33.2. The normalized spacial score (nSPS) is 16.4. The van der Waals surface area contributed by atoms with Crippen LogP contribution in [0.3, 0.4) is 0 Å². The number of halogens is 1. The molecule has 0 saturated carbocycles. The van der Waals surface area contributed by atoms with E-state index >= 15 is 0 Å². The summed E-state index contributed by atoms with van der Waals surface area (Å²) in [5, 5.41) is 12.4. The minimum absolute atomic E-state index is 0.125. The van der Waals surface area contributed by atoms with Crippen LogP contribution in [0.5, 0.6) is 11.6 Å². The zero-order valence-electron chi connectivity index (χ0n) is 16.1. The second-order valence-electron chi connectivity index (χ2n) is 6.66. The summed E-state index contributed by atoms with van der Waals surface area (Å²) in [5.41, 5.74) is 0.430. The quantitative estimate of drug-likeness (QED) is 0.393. The van der Waals surface area contributed by atoms with E-state index in [2.05, 4.69) is 9.97 Å². The zero-order valence-corrected chi connectivity index (χ0v) is 16.9. The van der Waals surface area contributed by atoms with E-state index in [-0.39, 0.29) is 35.8 Å². The molecule has 10 heteroatoms. The zero-order chi connectivity index (χ0) is 21.0. The van der Waals surface area contributed by atoms with E-state index < -0.39 is 4.92 Å². The van der Waals surface area contributed by atoms with Crippen LogP contribution in [-0.4, -0.2) is 40.6 Å². The van der Waals surface area contributed by atoms with Crippen LogP contribution in [0.4, 0.5) is 11.5 Å². The first-order chi connectivity index (χ1) is 13.9. The van der Waals surface area contributed by atoms with Crippen molar-refractivity contribution in [3.05, 3.63) is 45.2 Å². The number of aromatic nitrogens is 2. The van der Waals surface area contributed by atoms with Gasteiger partial charge in [0.05, 0.1) is 17.4 Å². The Balaban J connectivity index is 1.91. The molecule has 9 nitrogen and oxygen atoms in total. The first-order valence-electron chi connectivity index (χ1n) is 9.25. The molecule has 1 aliphatic heterocycles. The molecule has 0 aliphatic carbocycles. The van der Waals surface area contributed by atoms with Crippen LogP contribution in [0.25, 0.3) is 0 Å². The molecule has 0 spiro atoms. The number of hydrogen-bond acceptors (Lipinski definition) is 8. The Kier molecular flexibility index (Phi) is 6.48. The number of carbonyl (C=O) groups is 1. The van der Waals surface area contributed by atoms with Gasteiger partial charge in [0.15, 0.2) is 0 Å². The predicted molar refractivity (Wildman–Crippen MR) is 107 cm³/mol. The molecular weight excluding hydrogens is 400 g/mol. The van der Waals surface area contributed by atoms with E-state index in [9.17, 15) is 14.9 Å². The van der Waals surface area contributed by atoms with Gasteiger partial charge in [0.2, 0.25) is 5.82 Å². The molecule has 154 valence electrons. The Morgan fingerprint density at radius 2 is 2.21 bits per heavy atom. The lowest BCUT2D eigenvalue weighted by atomic mass is 9.98. The van der Waals surface area contributed by atoms with Gasteiger partial charge in [-0.1, -0.05) is 11.6 Å². The van der Waals surface area contributed by atoms with Crippen LogP contribution in [0.2, 0.25) is 5.02 Å². The monoisotopic (exact) mass is 420 g/mol. The topological polar surface area (TPSA) is 108 Å². The fourth-order valence-electron chi connectivity index (χ4n) is 3.23. The van der Waals surface area contributed by atoms with Crippen molar-refractivity contribution in [1.82, 2.24) is 9.97 Å². The van der Waals surface area contributed by atoms with Crippen molar-refractivity contribution in [2.45, 2.75) is 26.7 Å². The van der Waals surface area contributed by atoms with Gasteiger partial charge in [-0.05, 0) is 50.5 Å². The van der Waals surface area contributed by atoms with E-state index in [0.717, 1.165) is 5.56 Å². The number of nitrogens with zero attached hydrogens (tertiary/aromatic N) is 4. The molecule has 1 unspecified atom stereocenters. The Labute approximate surface area is 172 Å². The number of anilines is 1. The smallest absolute Gasteiger partial charge is 0.373 e. The van der Waals surface area contributed by atoms with Crippen LogP contribution >= 0.6 is 11.6 Å². The summed E-state index contributed by atoms with van der Waals surface area (Å²) in [6.07, 6.45) is 2.58. The molecule has 29 heavy (non-hydrogen) atoms. The highest BCUT2D eigenvalue weighted by molar-refractivity contribution is 6.31. The lowest BCUT2D eigenvalue weighted by molar-refractivity contribution is -0.385. The third kappa shape index (κ3) is 4.73. The molecule has 1 aromatic heterocycles. The molecule has 1 saturated heterocycles. The minimum Gasteiger partial charge on any atom is -0.466 e. The van der Waals surface area contributed by atoms with Crippen molar-refractivity contribution in [3.63, 3.8) is 0 Å². The van der Waals surface area contributed by atoms with Gasteiger partial charge in [-0.15, -0.1) is 0 Å². The van der Waals surface area contributed by atoms with Crippen LogP contribution < -0.4 is 9.64 Å². The molecule has 2 aromatic rings. The molecule has 0 amide bonds. The van der Waals surface area contributed by atoms with Gasteiger partial charge in [0, 0.05) is 18.1 Å². The van der Waals surface area contributed by atoms with Gasteiger partial charge in [-0.25, -0.2) is 4.98 Å². The number of nitro groups is 1. The van der Waals surface area contributed by atoms with E-state index in [4.69, 9.17) is 21.1 Å². The fourth-order valence-corrected chi connectivity index (χ4v) is 3.35. The highest BCUT2D eigenvalue weighted by Crippen LogP contribution is 2.38. The molecule has 2 heterocycles. The summed E-state index contributed by atoms with van der Waals surface area (Å²) in [5.74, 6) is -0.328. The largest absolute Gasteiger partial charge is 0.466 e. The SMILES string of the molecule is CCOC(=O)C1CCCN(c2ncnc(Oc3ccc(Cl)c(C)c3)c2[N+](=O)[O-])C1. The molecular formula is C19H21ClN4O5. The molecule has 0 N–H and O–H groups in total. The average molecular weight is 421 g/mol. The minimum atomic E-state index is -0.568. The fraction of sp³-hybridized carbons (Fsp3) is 0.421. The number of carbonyl (C=O) groups excluding carboxylic acids is 1. The maximum atomic E-state index is 12.1. The van der Waals surface area contributed by atoms with Crippen molar-refractivity contribution >= 4 is 29.1 Å². The standard InChI is InChI=1S/C19H21ClN4O5/c1-3-28-19(25)13-5-4-8-23(10-13)17-16(24(26)27)18(22-11-21-17)29-14-6-7-15(20)12(2)9-14/h6-7,9,11,13H,3-5,8,10H2,1-2H3. The number of esters is 1. The molecule has 1 aliphatic rings. The lowest BCUT2D eigenvalue weighted by Gasteiger charge is -2.31. The van der Waals surface area contributed by atoms with Crippen molar-refractivity contribution in [2.75, 3.05) is 24.6 Å². The first kappa shape index (κ1) is 20.8. The summed E-state index contributed by atoms with van der Waals surface area (Å²) in [6.45, 7) is 4.67. The first-order valence-corrected chi connectivity index (χ1v) is 9.63. The molecule has 1 fully saturated rings. The molecule has 3 rings (SSSR count). The average Bonchev–Trinajstić information content (AvgIpc) is 2.70. The molecule has 0 radical (unpaired) electrons. The second kappa shape index (κ2) is 9.04. The highest BCUT2D eigenvalue weighted by atomic mass is 35.5. The van der Waals surface area contributed by atoms with Crippen molar-refractivity contribution in [3.8, 4) is 11.6 Å². The number of rotatable bonds is 6. The van der Waals surface area contributed by atoms with Gasteiger partial charge in [0.1, 0.15) is 12.1 Å².